The van der Waals surface area contributed by atoms with Gasteiger partial charge in [-0.15, -0.1) is 0 Å². The van der Waals surface area contributed by atoms with Crippen LogP contribution in [0.5, 0.6) is 0 Å². The summed E-state index contributed by atoms with van der Waals surface area (Å²) >= 11 is 0. The molecule has 0 saturated heterocycles. The quantitative estimate of drug-likeness (QED) is 0.345. The van der Waals surface area contributed by atoms with Gasteiger partial charge in [-0.3, -0.25) is 0 Å². The largest absolute Gasteiger partial charge is 0.0845 e. The van der Waals surface area contributed by atoms with Crippen LogP contribution in [-0.4, -0.2) is 0 Å². The summed E-state index contributed by atoms with van der Waals surface area (Å²) in [6, 6.07) is 20.0. The Hall–Kier alpha value is -2.08. The molecule has 0 bridgehead atoms. The van der Waals surface area contributed by atoms with Crippen LogP contribution in [0.25, 0.3) is 21.5 Å². The number of benzene rings is 3. The number of fused-ring (bicyclic) bond motifs is 2. The maximum absolute atomic E-state index is 5.42. The second-order valence-corrected chi connectivity index (χ2v) is 6.03. The molecule has 3 rings (SSSR count). The summed E-state index contributed by atoms with van der Waals surface area (Å²) in [5.41, 5.74) is 1.48. The summed E-state index contributed by atoms with van der Waals surface area (Å²) in [6.45, 7) is 5.42. The van der Waals surface area contributed by atoms with Crippen LogP contribution in [0, 0.1) is 6.58 Å². The Morgan fingerprint density at radius 1 is 0.727 bits per heavy atom. The third-order valence-electron chi connectivity index (χ3n) is 4.40. The van der Waals surface area contributed by atoms with E-state index in [4.69, 9.17) is 6.58 Å². The molecule has 0 unspecified atom stereocenters. The van der Waals surface area contributed by atoms with Crippen molar-refractivity contribution in [2.45, 2.75) is 38.5 Å². The van der Waals surface area contributed by atoms with E-state index in [1.54, 1.807) is 6.08 Å². The average Bonchev–Trinajstić information content (AvgIpc) is 2.56. The zero-order valence-corrected chi connectivity index (χ0v) is 13.1. The topological polar surface area (TPSA) is 0 Å². The van der Waals surface area contributed by atoms with Gasteiger partial charge in [-0.2, -0.15) is 0 Å². The van der Waals surface area contributed by atoms with Gasteiger partial charge in [0.1, 0.15) is 0 Å². The van der Waals surface area contributed by atoms with Gasteiger partial charge in [-0.1, -0.05) is 68.0 Å². The molecule has 1 radical (unpaired) electrons. The van der Waals surface area contributed by atoms with Crippen LogP contribution in [0.15, 0.2) is 60.7 Å². The molecule has 0 saturated carbocycles. The van der Waals surface area contributed by atoms with Crippen LogP contribution < -0.4 is 0 Å². The molecule has 111 valence electrons. The first-order valence-corrected chi connectivity index (χ1v) is 8.32. The molecule has 0 aliphatic heterocycles. The molecule has 3 aromatic carbocycles. The van der Waals surface area contributed by atoms with Crippen molar-refractivity contribution in [1.82, 2.24) is 0 Å². The Kier molecular flexibility index (Phi) is 4.90. The van der Waals surface area contributed by atoms with E-state index in [-0.39, 0.29) is 0 Å². The molecule has 0 aliphatic rings. The van der Waals surface area contributed by atoms with Crippen molar-refractivity contribution in [2.75, 3.05) is 0 Å². The molecule has 0 atom stereocenters. The Morgan fingerprint density at radius 3 is 2.27 bits per heavy atom. The van der Waals surface area contributed by atoms with Gasteiger partial charge in [-0.05, 0) is 64.9 Å². The summed E-state index contributed by atoms with van der Waals surface area (Å²) in [6.07, 6.45) is 9.03. The number of rotatable bonds is 7. The molecule has 0 fully saturated rings. The molecular formula is C22H23. The Balaban J connectivity index is 1.77. The second kappa shape index (κ2) is 7.26. The summed E-state index contributed by atoms with van der Waals surface area (Å²) in [5.74, 6) is 0. The fourth-order valence-electron chi connectivity index (χ4n) is 3.18. The highest BCUT2D eigenvalue weighted by molar-refractivity contribution is 5.99. The predicted molar refractivity (Wildman–Crippen MR) is 97.1 cm³/mol. The highest BCUT2D eigenvalue weighted by atomic mass is 14.1. The van der Waals surface area contributed by atoms with Gasteiger partial charge >= 0.3 is 0 Å². The Bertz CT molecular complexity index is 767. The minimum absolute atomic E-state index is 1.04. The summed E-state index contributed by atoms with van der Waals surface area (Å²) < 4.78 is 0. The van der Waals surface area contributed by atoms with Crippen LogP contribution in [0.2, 0.25) is 0 Å². The molecule has 0 aliphatic carbocycles. The number of hydrogen-bond donors (Lipinski definition) is 0. The van der Waals surface area contributed by atoms with Crippen LogP contribution >= 0.6 is 0 Å². The standard InChI is InChI=1S/C22H23/c1-2-3-4-5-6-7-11-18-14-10-15-21-16-19-12-8-9-13-20(19)17-22(18)21/h1-2,8-10,12-17H,3-7,11H2. The molecule has 0 amide bonds. The lowest BCUT2D eigenvalue weighted by Crippen LogP contribution is -1.89. The van der Waals surface area contributed by atoms with Gasteiger partial charge in [0.2, 0.25) is 0 Å². The van der Waals surface area contributed by atoms with Crippen LogP contribution in [-0.2, 0) is 6.42 Å². The van der Waals surface area contributed by atoms with Crippen molar-refractivity contribution >= 4 is 21.5 Å². The number of allylic oxidation sites excluding steroid dienone is 1. The highest BCUT2D eigenvalue weighted by Gasteiger charge is 2.03. The first-order valence-electron chi connectivity index (χ1n) is 8.32. The minimum Gasteiger partial charge on any atom is -0.0845 e. The van der Waals surface area contributed by atoms with E-state index in [0.29, 0.717) is 0 Å². The number of unbranched alkanes of at least 4 members (excludes halogenated alkanes) is 4. The zero-order chi connectivity index (χ0) is 15.2. The minimum atomic E-state index is 1.04. The van der Waals surface area contributed by atoms with E-state index in [1.807, 2.05) is 0 Å². The first-order chi connectivity index (χ1) is 10.9. The van der Waals surface area contributed by atoms with Crippen LogP contribution in [0.3, 0.4) is 0 Å². The molecular weight excluding hydrogens is 264 g/mol. The lowest BCUT2D eigenvalue weighted by atomic mass is 9.96. The lowest BCUT2D eigenvalue weighted by molar-refractivity contribution is 0.647. The first kappa shape index (κ1) is 14.8. The molecule has 0 heteroatoms. The Morgan fingerprint density at radius 2 is 1.45 bits per heavy atom. The Labute approximate surface area is 133 Å². The van der Waals surface area contributed by atoms with Crippen molar-refractivity contribution in [2.24, 2.45) is 0 Å². The van der Waals surface area contributed by atoms with Crippen molar-refractivity contribution in [1.29, 1.82) is 0 Å². The summed E-state index contributed by atoms with van der Waals surface area (Å²) in [5, 5.41) is 5.43. The van der Waals surface area contributed by atoms with Crippen molar-refractivity contribution < 1.29 is 0 Å². The second-order valence-electron chi connectivity index (χ2n) is 6.03. The maximum atomic E-state index is 5.42. The molecule has 0 aromatic heterocycles. The number of aryl methyl sites for hydroxylation is 1. The van der Waals surface area contributed by atoms with E-state index in [2.05, 4.69) is 54.6 Å². The molecule has 22 heavy (non-hydrogen) atoms. The van der Waals surface area contributed by atoms with Gasteiger partial charge < -0.3 is 0 Å². The smallest absolute Gasteiger partial charge is 0.0146 e. The normalized spacial score (nSPS) is 11.1. The van der Waals surface area contributed by atoms with E-state index >= 15 is 0 Å². The summed E-state index contributed by atoms with van der Waals surface area (Å²) in [4.78, 5) is 0. The zero-order valence-electron chi connectivity index (χ0n) is 13.1. The third-order valence-corrected chi connectivity index (χ3v) is 4.40. The summed E-state index contributed by atoms with van der Waals surface area (Å²) in [7, 11) is 0. The fourth-order valence-corrected chi connectivity index (χ4v) is 3.18. The van der Waals surface area contributed by atoms with Crippen LogP contribution in [0.4, 0.5) is 0 Å². The van der Waals surface area contributed by atoms with Gasteiger partial charge in [0.25, 0.3) is 0 Å². The van der Waals surface area contributed by atoms with E-state index in [0.717, 1.165) is 6.42 Å². The molecule has 3 aromatic rings. The van der Waals surface area contributed by atoms with Crippen LogP contribution in [0.1, 0.15) is 37.7 Å². The SMILES string of the molecule is [CH]=CCCCCCCc1cccc2cc3ccccc3cc12. The molecule has 0 heterocycles. The van der Waals surface area contributed by atoms with Gasteiger partial charge in [0.05, 0.1) is 0 Å². The van der Waals surface area contributed by atoms with Gasteiger partial charge in [0.15, 0.2) is 0 Å². The molecule has 0 nitrogen and oxygen atoms in total. The molecule has 0 N–H and O–H groups in total. The van der Waals surface area contributed by atoms with Crippen molar-refractivity contribution in [3.63, 3.8) is 0 Å². The van der Waals surface area contributed by atoms with Gasteiger partial charge in [0, 0.05) is 0 Å². The monoisotopic (exact) mass is 287 g/mol. The van der Waals surface area contributed by atoms with E-state index in [1.165, 1.54) is 59.2 Å². The lowest BCUT2D eigenvalue weighted by Gasteiger charge is -2.08. The van der Waals surface area contributed by atoms with Gasteiger partial charge in [-0.25, -0.2) is 0 Å². The highest BCUT2D eigenvalue weighted by Crippen LogP contribution is 2.26. The van der Waals surface area contributed by atoms with E-state index < -0.39 is 0 Å². The van der Waals surface area contributed by atoms with E-state index in [9.17, 15) is 0 Å². The molecule has 0 spiro atoms. The fraction of sp³-hybridized carbons (Fsp3) is 0.273. The predicted octanol–water partition coefficient (Wildman–Crippen LogP) is 6.48. The number of hydrogen-bond acceptors (Lipinski definition) is 0. The average molecular weight is 287 g/mol. The third kappa shape index (κ3) is 3.39. The van der Waals surface area contributed by atoms with Crippen molar-refractivity contribution in [3.8, 4) is 0 Å². The van der Waals surface area contributed by atoms with Crippen molar-refractivity contribution in [3.05, 3.63) is 72.8 Å². The maximum Gasteiger partial charge on any atom is -0.0146 e.